The maximum absolute atomic E-state index is 14.0. The van der Waals surface area contributed by atoms with E-state index in [4.69, 9.17) is 0 Å². The smallest absolute Gasteiger partial charge is 0.408 e. The predicted molar refractivity (Wildman–Crippen MR) is 98.7 cm³/mol. The van der Waals surface area contributed by atoms with Gasteiger partial charge in [-0.3, -0.25) is 4.90 Å². The van der Waals surface area contributed by atoms with Crippen LogP contribution in [0.1, 0.15) is 64.3 Å². The highest BCUT2D eigenvalue weighted by Crippen LogP contribution is 2.45. The third kappa shape index (κ3) is 4.52. The molecule has 0 bridgehead atoms. The normalized spacial score (nSPS) is 18.8. The first-order valence-corrected chi connectivity index (χ1v) is 9.12. The molecule has 1 aromatic rings. The highest BCUT2D eigenvalue weighted by Gasteiger charge is 2.46. The van der Waals surface area contributed by atoms with Crippen LogP contribution in [0.4, 0.5) is 13.2 Å². The van der Waals surface area contributed by atoms with E-state index in [-0.39, 0.29) is 11.3 Å². The summed E-state index contributed by atoms with van der Waals surface area (Å²) >= 11 is 0. The van der Waals surface area contributed by atoms with E-state index >= 15 is 0 Å². The van der Waals surface area contributed by atoms with Gasteiger partial charge in [-0.25, -0.2) is 0 Å². The highest BCUT2D eigenvalue weighted by molar-refractivity contribution is 5.50. The minimum atomic E-state index is -4.38. The summed E-state index contributed by atoms with van der Waals surface area (Å²) in [6, 6.07) is 1.43. The Balaban J connectivity index is 2.68. The molecule has 6 heteroatoms. The Bertz CT molecular complexity index is 601. The first kappa shape index (κ1) is 21.0. The molecule has 1 atom stereocenters. The van der Waals surface area contributed by atoms with Gasteiger partial charge in [-0.1, -0.05) is 41.5 Å². The average molecular weight is 372 g/mol. The summed E-state index contributed by atoms with van der Waals surface area (Å²) < 4.78 is 42.1. The van der Waals surface area contributed by atoms with Crippen LogP contribution in [0, 0.1) is 0 Å². The zero-order chi connectivity index (χ0) is 19.9. The molecule has 0 aromatic heterocycles. The molecule has 1 aromatic carbocycles. The van der Waals surface area contributed by atoms with Crippen LogP contribution >= 0.6 is 0 Å². The van der Waals surface area contributed by atoms with E-state index in [0.29, 0.717) is 37.3 Å². The summed E-state index contributed by atoms with van der Waals surface area (Å²) in [7, 11) is 0. The van der Waals surface area contributed by atoms with Gasteiger partial charge >= 0.3 is 6.18 Å². The summed E-state index contributed by atoms with van der Waals surface area (Å²) in [4.78, 5) is 1.49. The van der Waals surface area contributed by atoms with Crippen molar-refractivity contribution in [2.45, 2.75) is 64.6 Å². The lowest BCUT2D eigenvalue weighted by molar-refractivity contribution is -0.187. The second-order valence-corrected chi connectivity index (χ2v) is 9.19. The van der Waals surface area contributed by atoms with Crippen LogP contribution in [-0.2, 0) is 10.8 Å². The van der Waals surface area contributed by atoms with Crippen LogP contribution in [0.15, 0.2) is 12.1 Å². The molecular formula is C20H31F3N2O. The maximum atomic E-state index is 14.0. The quantitative estimate of drug-likeness (QED) is 0.803. The van der Waals surface area contributed by atoms with Crippen molar-refractivity contribution >= 4 is 0 Å². The third-order valence-corrected chi connectivity index (χ3v) is 4.89. The van der Waals surface area contributed by atoms with Gasteiger partial charge in [0.05, 0.1) is 0 Å². The lowest BCUT2D eigenvalue weighted by Gasteiger charge is -2.37. The van der Waals surface area contributed by atoms with Gasteiger partial charge in [0.15, 0.2) is 0 Å². The molecule has 2 rings (SSSR count). The number of piperazine rings is 1. The first-order valence-electron chi connectivity index (χ1n) is 9.12. The van der Waals surface area contributed by atoms with Gasteiger partial charge in [-0.05, 0) is 39.7 Å². The molecule has 0 amide bonds. The molecule has 26 heavy (non-hydrogen) atoms. The van der Waals surface area contributed by atoms with E-state index < -0.39 is 23.0 Å². The van der Waals surface area contributed by atoms with E-state index in [2.05, 4.69) is 5.32 Å². The third-order valence-electron chi connectivity index (χ3n) is 4.89. The fourth-order valence-corrected chi connectivity index (χ4v) is 3.51. The molecular weight excluding hydrogens is 341 g/mol. The van der Waals surface area contributed by atoms with Gasteiger partial charge in [0.1, 0.15) is 11.8 Å². The van der Waals surface area contributed by atoms with Gasteiger partial charge < -0.3 is 10.4 Å². The Hall–Kier alpha value is -1.27. The Morgan fingerprint density at radius 3 is 1.69 bits per heavy atom. The Morgan fingerprint density at radius 1 is 0.923 bits per heavy atom. The van der Waals surface area contributed by atoms with E-state index in [1.165, 1.54) is 4.90 Å². The van der Waals surface area contributed by atoms with Gasteiger partial charge in [0.2, 0.25) is 0 Å². The Labute approximate surface area is 154 Å². The Kier molecular flexibility index (Phi) is 5.70. The lowest BCUT2D eigenvalue weighted by Crippen LogP contribution is -2.49. The maximum Gasteiger partial charge on any atom is 0.408 e. The number of hydrogen-bond donors (Lipinski definition) is 2. The highest BCUT2D eigenvalue weighted by atomic mass is 19.4. The molecule has 1 aliphatic heterocycles. The van der Waals surface area contributed by atoms with Crippen molar-refractivity contribution in [3.63, 3.8) is 0 Å². The SMILES string of the molecule is CC(C)(C)c1cc([C@@H](N2CCNCC2)C(F)(F)F)cc(C(C)(C)C)c1O. The lowest BCUT2D eigenvalue weighted by atomic mass is 9.77. The minimum Gasteiger partial charge on any atom is -0.507 e. The van der Waals surface area contributed by atoms with Crippen molar-refractivity contribution in [1.29, 1.82) is 0 Å². The zero-order valence-electron chi connectivity index (χ0n) is 16.6. The molecule has 0 unspecified atom stereocenters. The summed E-state index contributed by atoms with van der Waals surface area (Å²) in [5.74, 6) is 0.106. The van der Waals surface area contributed by atoms with Gasteiger partial charge in [-0.15, -0.1) is 0 Å². The number of alkyl halides is 3. The largest absolute Gasteiger partial charge is 0.507 e. The van der Waals surface area contributed by atoms with Crippen LogP contribution in [0.25, 0.3) is 0 Å². The molecule has 1 saturated heterocycles. The summed E-state index contributed by atoms with van der Waals surface area (Å²) in [6.07, 6.45) is -4.38. The molecule has 1 fully saturated rings. The fraction of sp³-hybridized carbons (Fsp3) is 0.700. The number of nitrogens with zero attached hydrogens (tertiary/aromatic N) is 1. The van der Waals surface area contributed by atoms with Crippen LogP contribution in [0.2, 0.25) is 0 Å². The molecule has 3 nitrogen and oxygen atoms in total. The van der Waals surface area contributed by atoms with E-state index in [0.717, 1.165) is 0 Å². The molecule has 0 aliphatic carbocycles. The zero-order valence-corrected chi connectivity index (χ0v) is 16.6. The number of nitrogens with one attached hydrogen (secondary N) is 1. The molecule has 0 saturated carbocycles. The van der Waals surface area contributed by atoms with Gasteiger partial charge in [0, 0.05) is 26.2 Å². The first-order chi connectivity index (χ1) is 11.7. The van der Waals surface area contributed by atoms with Gasteiger partial charge in [0.25, 0.3) is 0 Å². The standard InChI is InChI=1S/C20H31F3N2O/c1-18(2,3)14-11-13(12-15(16(14)26)19(4,5)6)17(20(21,22)23)25-9-7-24-8-10-25/h11-12,17,24,26H,7-10H2,1-6H3/t17-/m1/s1. The number of phenols is 1. The number of rotatable bonds is 2. The van der Waals surface area contributed by atoms with Crippen LogP contribution < -0.4 is 5.32 Å². The topological polar surface area (TPSA) is 35.5 Å². The van der Waals surface area contributed by atoms with Crippen molar-refractivity contribution < 1.29 is 18.3 Å². The van der Waals surface area contributed by atoms with Crippen molar-refractivity contribution in [1.82, 2.24) is 10.2 Å². The second-order valence-electron chi connectivity index (χ2n) is 9.19. The molecule has 1 heterocycles. The van der Waals surface area contributed by atoms with Crippen molar-refractivity contribution in [2.24, 2.45) is 0 Å². The number of benzene rings is 1. The van der Waals surface area contributed by atoms with Crippen LogP contribution in [-0.4, -0.2) is 42.4 Å². The number of aromatic hydroxyl groups is 1. The second kappa shape index (κ2) is 7.04. The molecule has 1 aliphatic rings. The molecule has 2 N–H and O–H groups in total. The molecule has 0 spiro atoms. The minimum absolute atomic E-state index is 0.106. The molecule has 0 radical (unpaired) electrons. The monoisotopic (exact) mass is 372 g/mol. The summed E-state index contributed by atoms with van der Waals surface area (Å²) in [5, 5.41) is 13.9. The van der Waals surface area contributed by atoms with E-state index in [1.54, 1.807) is 12.1 Å². The Morgan fingerprint density at radius 2 is 1.35 bits per heavy atom. The van der Waals surface area contributed by atoms with E-state index in [1.807, 2.05) is 41.5 Å². The van der Waals surface area contributed by atoms with Crippen molar-refractivity contribution in [3.05, 3.63) is 28.8 Å². The van der Waals surface area contributed by atoms with Crippen molar-refractivity contribution in [3.8, 4) is 5.75 Å². The number of hydrogen-bond acceptors (Lipinski definition) is 3. The van der Waals surface area contributed by atoms with Crippen molar-refractivity contribution in [2.75, 3.05) is 26.2 Å². The van der Waals surface area contributed by atoms with E-state index in [9.17, 15) is 18.3 Å². The van der Waals surface area contributed by atoms with Crippen LogP contribution in [0.5, 0.6) is 5.75 Å². The average Bonchev–Trinajstić information content (AvgIpc) is 2.46. The number of halogens is 3. The number of phenolic OH excluding ortho intramolecular Hbond substituents is 1. The molecule has 148 valence electrons. The van der Waals surface area contributed by atoms with Gasteiger partial charge in [-0.2, -0.15) is 13.2 Å². The van der Waals surface area contributed by atoms with Crippen LogP contribution in [0.3, 0.4) is 0 Å². The fourth-order valence-electron chi connectivity index (χ4n) is 3.51. The summed E-state index contributed by atoms with van der Waals surface area (Å²) in [6.45, 7) is 13.2. The summed E-state index contributed by atoms with van der Waals surface area (Å²) in [5.41, 5.74) is 0.417. The predicted octanol–water partition coefficient (Wildman–Crippen LogP) is 4.50.